The van der Waals surface area contributed by atoms with Crippen LogP contribution in [-0.2, 0) is 9.59 Å². The Kier molecular flexibility index (Phi) is 6.99. The van der Waals surface area contributed by atoms with Gasteiger partial charge in [0.2, 0.25) is 11.8 Å². The van der Waals surface area contributed by atoms with Crippen LogP contribution in [0.3, 0.4) is 0 Å². The average molecular weight is 368 g/mol. The summed E-state index contributed by atoms with van der Waals surface area (Å²) in [7, 11) is 1.63. The smallest absolute Gasteiger partial charge is 0.243 e. The lowest BCUT2D eigenvalue weighted by Crippen LogP contribution is -2.35. The summed E-state index contributed by atoms with van der Waals surface area (Å²) >= 11 is 0. The van der Waals surface area contributed by atoms with Crippen molar-refractivity contribution in [3.8, 4) is 5.75 Å². The molecule has 2 amide bonds. The van der Waals surface area contributed by atoms with E-state index in [1.165, 1.54) is 10.5 Å². The number of hydrogen-bond donors (Lipinski definition) is 1. The number of anilines is 1. The zero-order valence-electron chi connectivity index (χ0n) is 16.8. The molecule has 5 heteroatoms. The van der Waals surface area contributed by atoms with E-state index in [0.29, 0.717) is 0 Å². The zero-order chi connectivity index (χ0) is 20.0. The molecule has 0 aliphatic carbocycles. The fourth-order valence-corrected chi connectivity index (χ4v) is 2.89. The molecule has 2 rings (SSSR count). The first-order valence-electron chi connectivity index (χ1n) is 9.08. The van der Waals surface area contributed by atoms with Gasteiger partial charge in [0.1, 0.15) is 5.75 Å². The lowest BCUT2D eigenvalue weighted by Gasteiger charge is -2.18. The van der Waals surface area contributed by atoms with Crippen molar-refractivity contribution in [1.82, 2.24) is 4.90 Å². The summed E-state index contributed by atoms with van der Waals surface area (Å²) in [5.74, 6) is 0.443. The minimum Gasteiger partial charge on any atom is -0.493 e. The van der Waals surface area contributed by atoms with Crippen molar-refractivity contribution >= 4 is 17.5 Å². The molecule has 2 aromatic rings. The number of para-hydroxylation sites is 1. The lowest BCUT2D eigenvalue weighted by atomic mass is 10.1. The highest BCUT2D eigenvalue weighted by molar-refractivity contribution is 5.95. The second kappa shape index (κ2) is 9.21. The van der Waals surface area contributed by atoms with E-state index in [1.54, 1.807) is 7.05 Å². The average Bonchev–Trinajstić information content (AvgIpc) is 2.60. The Morgan fingerprint density at radius 2 is 1.67 bits per heavy atom. The molecule has 2 aromatic carbocycles. The third-order valence-corrected chi connectivity index (χ3v) is 4.46. The van der Waals surface area contributed by atoms with Crippen LogP contribution in [0.1, 0.15) is 28.7 Å². The normalized spacial score (nSPS) is 10.4. The van der Waals surface area contributed by atoms with Crippen LogP contribution in [0.15, 0.2) is 36.4 Å². The highest BCUT2D eigenvalue weighted by Gasteiger charge is 2.14. The molecule has 5 nitrogen and oxygen atoms in total. The third-order valence-electron chi connectivity index (χ3n) is 4.46. The Hall–Kier alpha value is -2.82. The van der Waals surface area contributed by atoms with Crippen molar-refractivity contribution in [2.24, 2.45) is 0 Å². The molecule has 1 N–H and O–H groups in total. The van der Waals surface area contributed by atoms with Gasteiger partial charge in [0.15, 0.2) is 0 Å². The van der Waals surface area contributed by atoms with Crippen molar-refractivity contribution in [3.05, 3.63) is 58.7 Å². The first-order valence-corrected chi connectivity index (χ1v) is 9.08. The number of rotatable bonds is 7. The van der Waals surface area contributed by atoms with E-state index in [-0.39, 0.29) is 31.4 Å². The second-order valence-corrected chi connectivity index (χ2v) is 6.93. The van der Waals surface area contributed by atoms with E-state index in [1.807, 2.05) is 64.1 Å². The van der Waals surface area contributed by atoms with Crippen molar-refractivity contribution in [2.45, 2.75) is 34.1 Å². The van der Waals surface area contributed by atoms with Crippen LogP contribution in [0, 0.1) is 27.7 Å². The number of hydrogen-bond acceptors (Lipinski definition) is 3. The van der Waals surface area contributed by atoms with Gasteiger partial charge in [0.25, 0.3) is 0 Å². The standard InChI is InChI=1S/C22H28N2O3/c1-15-9-10-19(18(4)13-15)27-12-11-21(26)24(5)14-20(25)23-22-16(2)7-6-8-17(22)3/h6-10,13H,11-12,14H2,1-5H3,(H,23,25). The highest BCUT2D eigenvalue weighted by Crippen LogP contribution is 2.20. The number of amides is 2. The minimum absolute atomic E-state index is 0.0101. The van der Waals surface area contributed by atoms with Crippen LogP contribution in [0.5, 0.6) is 5.75 Å². The maximum Gasteiger partial charge on any atom is 0.243 e. The summed E-state index contributed by atoms with van der Waals surface area (Å²) in [6.45, 7) is 8.19. The predicted molar refractivity (Wildman–Crippen MR) is 108 cm³/mol. The van der Waals surface area contributed by atoms with E-state index in [4.69, 9.17) is 4.74 Å². The van der Waals surface area contributed by atoms with Gasteiger partial charge in [0.05, 0.1) is 19.6 Å². The molecule has 0 heterocycles. The van der Waals surface area contributed by atoms with E-state index in [2.05, 4.69) is 5.32 Å². The number of ether oxygens (including phenoxy) is 1. The quantitative estimate of drug-likeness (QED) is 0.809. The number of aryl methyl sites for hydroxylation is 4. The Bertz CT molecular complexity index is 810. The van der Waals surface area contributed by atoms with Gasteiger partial charge in [-0.1, -0.05) is 35.9 Å². The molecule has 0 spiro atoms. The Balaban J connectivity index is 1.81. The lowest BCUT2D eigenvalue weighted by molar-refractivity contribution is -0.133. The summed E-state index contributed by atoms with van der Waals surface area (Å²) in [4.78, 5) is 26.0. The van der Waals surface area contributed by atoms with E-state index >= 15 is 0 Å². The molecule has 0 aliphatic heterocycles. The van der Waals surface area contributed by atoms with Crippen molar-refractivity contribution in [2.75, 3.05) is 25.5 Å². The molecule has 0 saturated carbocycles. The van der Waals surface area contributed by atoms with Crippen LogP contribution in [0.25, 0.3) is 0 Å². The monoisotopic (exact) mass is 368 g/mol. The van der Waals surface area contributed by atoms with Crippen LogP contribution < -0.4 is 10.1 Å². The van der Waals surface area contributed by atoms with Gasteiger partial charge in [0, 0.05) is 12.7 Å². The van der Waals surface area contributed by atoms with Crippen molar-refractivity contribution < 1.29 is 14.3 Å². The summed E-state index contributed by atoms with van der Waals surface area (Å²) in [6.07, 6.45) is 0.223. The van der Waals surface area contributed by atoms with Crippen molar-refractivity contribution in [1.29, 1.82) is 0 Å². The molecule has 0 atom stereocenters. The maximum atomic E-state index is 12.3. The fourth-order valence-electron chi connectivity index (χ4n) is 2.89. The molecule has 0 unspecified atom stereocenters. The van der Waals surface area contributed by atoms with Crippen molar-refractivity contribution in [3.63, 3.8) is 0 Å². The Morgan fingerprint density at radius 3 is 2.30 bits per heavy atom. The molecule has 27 heavy (non-hydrogen) atoms. The first kappa shape index (κ1) is 20.5. The number of benzene rings is 2. The maximum absolute atomic E-state index is 12.3. The second-order valence-electron chi connectivity index (χ2n) is 6.93. The van der Waals surface area contributed by atoms with Crippen LogP contribution >= 0.6 is 0 Å². The summed E-state index contributed by atoms with van der Waals surface area (Å²) in [5, 5.41) is 2.89. The molecule has 0 aromatic heterocycles. The number of carbonyl (C=O) groups is 2. The van der Waals surface area contributed by atoms with E-state index in [9.17, 15) is 9.59 Å². The molecule has 0 radical (unpaired) electrons. The number of likely N-dealkylation sites (N-methyl/N-ethyl adjacent to an activating group) is 1. The van der Waals surface area contributed by atoms with E-state index in [0.717, 1.165) is 28.1 Å². The number of carbonyl (C=O) groups excluding carboxylic acids is 2. The van der Waals surface area contributed by atoms with Gasteiger partial charge in [-0.2, -0.15) is 0 Å². The largest absolute Gasteiger partial charge is 0.493 e. The molecular formula is C22H28N2O3. The first-order chi connectivity index (χ1) is 12.8. The van der Waals surface area contributed by atoms with Crippen LogP contribution in [0.2, 0.25) is 0 Å². The summed E-state index contributed by atoms with van der Waals surface area (Å²) < 4.78 is 5.70. The Labute approximate surface area is 161 Å². The number of nitrogens with one attached hydrogen (secondary N) is 1. The molecule has 0 saturated heterocycles. The van der Waals surface area contributed by atoms with Crippen LogP contribution in [-0.4, -0.2) is 36.9 Å². The summed E-state index contributed by atoms with van der Waals surface area (Å²) in [6, 6.07) is 11.8. The predicted octanol–water partition coefficient (Wildman–Crippen LogP) is 3.79. The molecule has 0 bridgehead atoms. The van der Waals surface area contributed by atoms with Gasteiger partial charge in [-0.05, 0) is 50.5 Å². The minimum atomic E-state index is -0.210. The van der Waals surface area contributed by atoms with Gasteiger partial charge in [-0.25, -0.2) is 0 Å². The molecule has 0 fully saturated rings. The van der Waals surface area contributed by atoms with E-state index < -0.39 is 0 Å². The Morgan fingerprint density at radius 1 is 1.00 bits per heavy atom. The SMILES string of the molecule is Cc1ccc(OCCC(=O)N(C)CC(=O)Nc2c(C)cccc2C)c(C)c1. The zero-order valence-corrected chi connectivity index (χ0v) is 16.8. The highest BCUT2D eigenvalue weighted by atomic mass is 16.5. The van der Waals surface area contributed by atoms with Gasteiger partial charge in [-0.3, -0.25) is 9.59 Å². The van der Waals surface area contributed by atoms with Gasteiger partial charge < -0.3 is 15.0 Å². The molecule has 0 aliphatic rings. The number of nitrogens with zero attached hydrogens (tertiary/aromatic N) is 1. The molecular weight excluding hydrogens is 340 g/mol. The van der Waals surface area contributed by atoms with Crippen LogP contribution in [0.4, 0.5) is 5.69 Å². The van der Waals surface area contributed by atoms with Gasteiger partial charge in [-0.15, -0.1) is 0 Å². The topological polar surface area (TPSA) is 58.6 Å². The fraction of sp³-hybridized carbons (Fsp3) is 0.364. The van der Waals surface area contributed by atoms with Gasteiger partial charge >= 0.3 is 0 Å². The third kappa shape index (κ3) is 5.84. The molecule has 144 valence electrons. The summed E-state index contributed by atoms with van der Waals surface area (Å²) in [5.41, 5.74) is 5.02.